The Morgan fingerprint density at radius 3 is 2.39 bits per heavy atom. The van der Waals surface area contributed by atoms with E-state index in [1.807, 2.05) is 0 Å². The van der Waals surface area contributed by atoms with Gasteiger partial charge in [-0.3, -0.25) is 9.59 Å². The molecular weight excluding hydrogens is 475 g/mol. The van der Waals surface area contributed by atoms with Crippen molar-refractivity contribution in [2.45, 2.75) is 39.3 Å². The van der Waals surface area contributed by atoms with Gasteiger partial charge in [-0.2, -0.15) is 0 Å². The highest BCUT2D eigenvalue weighted by Crippen LogP contribution is 2.29. The van der Waals surface area contributed by atoms with E-state index in [4.69, 9.17) is 23.7 Å². The number of carbonyl (C=O) groups is 3. The first-order valence-electron chi connectivity index (χ1n) is 11.2. The smallest absolute Gasteiger partial charge is 0.328 e. The lowest BCUT2D eigenvalue weighted by Crippen LogP contribution is -2.42. The minimum atomic E-state index is -1.02. The van der Waals surface area contributed by atoms with Crippen LogP contribution in [0.2, 0.25) is 0 Å². The molecule has 0 aliphatic heterocycles. The fourth-order valence-corrected chi connectivity index (χ4v) is 3.27. The van der Waals surface area contributed by atoms with Crippen LogP contribution in [-0.2, 0) is 30.2 Å². The quantitative estimate of drug-likeness (QED) is 0.323. The third-order valence-corrected chi connectivity index (χ3v) is 5.23. The van der Waals surface area contributed by atoms with Crippen molar-refractivity contribution in [2.75, 3.05) is 27.6 Å². The van der Waals surface area contributed by atoms with Gasteiger partial charge in [-0.15, -0.1) is 0 Å². The molecule has 0 aliphatic rings. The molecule has 1 aromatic carbocycles. The number of pyridine rings is 1. The van der Waals surface area contributed by atoms with E-state index in [1.54, 1.807) is 19.1 Å². The number of ether oxygens (including phenoxy) is 5. The van der Waals surface area contributed by atoms with Crippen molar-refractivity contribution in [2.24, 2.45) is 5.92 Å². The highest BCUT2D eigenvalue weighted by Gasteiger charge is 2.27. The number of nitrogens with one attached hydrogen (secondary N) is 1. The van der Waals surface area contributed by atoms with E-state index in [2.05, 4.69) is 10.3 Å². The minimum absolute atomic E-state index is 0.0489. The highest BCUT2D eigenvalue weighted by atomic mass is 19.1. The Balaban J connectivity index is 2.05. The van der Waals surface area contributed by atoms with Crippen LogP contribution in [0.25, 0.3) is 0 Å². The zero-order valence-corrected chi connectivity index (χ0v) is 20.9. The van der Waals surface area contributed by atoms with Gasteiger partial charge in [0.1, 0.15) is 18.0 Å². The van der Waals surface area contributed by atoms with Gasteiger partial charge in [0, 0.05) is 32.2 Å². The molecule has 2 aromatic rings. The molecule has 1 heterocycles. The standard InChI is InChI=1S/C25H31FN2O8/c1-15(25(31)36-16(2)19(13-32-4)12-18-6-8-20(26)9-7-18)28-24(30)22-23(35-14-34-17(3)29)21(33-5)10-11-27-22/h6-11,15-16,19H,12-14H2,1-5H3,(H,28,30)/t15-,16-,19+/m0/s1. The summed E-state index contributed by atoms with van der Waals surface area (Å²) in [5, 5.41) is 2.53. The number of amides is 1. The van der Waals surface area contributed by atoms with Crippen LogP contribution in [0.15, 0.2) is 36.5 Å². The van der Waals surface area contributed by atoms with Crippen LogP contribution in [-0.4, -0.2) is 62.6 Å². The molecule has 0 spiro atoms. The van der Waals surface area contributed by atoms with Crippen molar-refractivity contribution in [3.05, 3.63) is 53.6 Å². The summed E-state index contributed by atoms with van der Waals surface area (Å²) in [6.07, 6.45) is 1.28. The monoisotopic (exact) mass is 506 g/mol. The molecule has 1 amide bonds. The fourth-order valence-electron chi connectivity index (χ4n) is 3.27. The molecule has 0 saturated heterocycles. The maximum absolute atomic E-state index is 13.2. The van der Waals surface area contributed by atoms with E-state index in [0.717, 1.165) is 5.56 Å². The summed E-state index contributed by atoms with van der Waals surface area (Å²) in [7, 11) is 2.91. The second kappa shape index (κ2) is 14.0. The van der Waals surface area contributed by atoms with Crippen LogP contribution in [0.5, 0.6) is 11.5 Å². The topological polar surface area (TPSA) is 122 Å². The predicted molar refractivity (Wildman–Crippen MR) is 126 cm³/mol. The average Bonchev–Trinajstić information content (AvgIpc) is 2.84. The molecule has 11 heteroatoms. The van der Waals surface area contributed by atoms with Gasteiger partial charge in [-0.1, -0.05) is 12.1 Å². The Hall–Kier alpha value is -3.73. The number of halogens is 1. The summed E-state index contributed by atoms with van der Waals surface area (Å²) >= 11 is 0. The zero-order chi connectivity index (χ0) is 26.7. The van der Waals surface area contributed by atoms with Gasteiger partial charge in [0.05, 0.1) is 13.7 Å². The molecule has 0 radical (unpaired) electrons. The van der Waals surface area contributed by atoms with Crippen molar-refractivity contribution in [3.8, 4) is 11.5 Å². The first-order valence-corrected chi connectivity index (χ1v) is 11.2. The van der Waals surface area contributed by atoms with Gasteiger partial charge in [0.25, 0.3) is 5.91 Å². The molecular formula is C25H31FN2O8. The van der Waals surface area contributed by atoms with Crippen molar-refractivity contribution in [1.29, 1.82) is 0 Å². The summed E-state index contributed by atoms with van der Waals surface area (Å²) in [4.78, 5) is 40.6. The van der Waals surface area contributed by atoms with Gasteiger partial charge in [-0.25, -0.2) is 14.2 Å². The number of esters is 2. The zero-order valence-electron chi connectivity index (χ0n) is 20.9. The lowest BCUT2D eigenvalue weighted by atomic mass is 9.95. The van der Waals surface area contributed by atoms with Gasteiger partial charge >= 0.3 is 11.9 Å². The first-order chi connectivity index (χ1) is 17.2. The number of nitrogens with zero attached hydrogens (tertiary/aromatic N) is 1. The molecule has 0 fully saturated rings. The third-order valence-electron chi connectivity index (χ3n) is 5.23. The van der Waals surface area contributed by atoms with Crippen LogP contribution in [0.1, 0.15) is 36.8 Å². The van der Waals surface area contributed by atoms with Crippen molar-refractivity contribution >= 4 is 17.8 Å². The Labute approximate surface area is 209 Å². The lowest BCUT2D eigenvalue weighted by Gasteiger charge is -2.25. The average molecular weight is 507 g/mol. The second-order valence-electron chi connectivity index (χ2n) is 7.97. The molecule has 0 aliphatic carbocycles. The van der Waals surface area contributed by atoms with Crippen LogP contribution in [0.3, 0.4) is 0 Å². The summed E-state index contributed by atoms with van der Waals surface area (Å²) in [6, 6.07) is 6.50. The van der Waals surface area contributed by atoms with E-state index in [9.17, 15) is 18.8 Å². The normalized spacial score (nSPS) is 13.2. The number of benzene rings is 1. The summed E-state index contributed by atoms with van der Waals surface area (Å²) in [5.74, 6) is -2.35. The molecule has 0 bridgehead atoms. The largest absolute Gasteiger partial charge is 0.493 e. The molecule has 36 heavy (non-hydrogen) atoms. The maximum Gasteiger partial charge on any atom is 0.328 e. The Kier molecular flexibility index (Phi) is 11.1. The van der Waals surface area contributed by atoms with Crippen molar-refractivity contribution in [1.82, 2.24) is 10.3 Å². The molecule has 10 nitrogen and oxygen atoms in total. The van der Waals surface area contributed by atoms with Crippen molar-refractivity contribution in [3.63, 3.8) is 0 Å². The predicted octanol–water partition coefficient (Wildman–Crippen LogP) is 2.68. The van der Waals surface area contributed by atoms with Gasteiger partial charge in [-0.05, 0) is 38.0 Å². The van der Waals surface area contributed by atoms with Gasteiger partial charge < -0.3 is 29.0 Å². The van der Waals surface area contributed by atoms with Crippen LogP contribution >= 0.6 is 0 Å². The first kappa shape index (κ1) is 28.5. The van der Waals surface area contributed by atoms with E-state index < -0.39 is 36.8 Å². The van der Waals surface area contributed by atoms with E-state index >= 15 is 0 Å². The molecule has 2 rings (SSSR count). The summed E-state index contributed by atoms with van der Waals surface area (Å²) in [6.45, 7) is 4.26. The molecule has 0 saturated carbocycles. The van der Waals surface area contributed by atoms with E-state index in [0.29, 0.717) is 13.0 Å². The number of aromatic nitrogens is 1. The fraction of sp³-hybridized carbons (Fsp3) is 0.440. The molecule has 3 atom stereocenters. The summed E-state index contributed by atoms with van der Waals surface area (Å²) < 4.78 is 39.4. The lowest BCUT2D eigenvalue weighted by molar-refractivity contribution is -0.153. The number of carbonyl (C=O) groups excluding carboxylic acids is 3. The Bertz CT molecular complexity index is 1030. The van der Waals surface area contributed by atoms with Crippen LogP contribution in [0.4, 0.5) is 4.39 Å². The van der Waals surface area contributed by atoms with Crippen LogP contribution in [0, 0.1) is 11.7 Å². The van der Waals surface area contributed by atoms with Crippen molar-refractivity contribution < 1.29 is 42.5 Å². The number of hydrogen-bond acceptors (Lipinski definition) is 9. The molecule has 196 valence electrons. The molecule has 1 N–H and O–H groups in total. The van der Waals surface area contributed by atoms with Gasteiger partial charge in [0.2, 0.25) is 6.79 Å². The van der Waals surface area contributed by atoms with Gasteiger partial charge in [0.15, 0.2) is 17.2 Å². The Morgan fingerprint density at radius 1 is 1.08 bits per heavy atom. The molecule has 0 unspecified atom stereocenters. The Morgan fingerprint density at radius 2 is 1.78 bits per heavy atom. The maximum atomic E-state index is 13.2. The third kappa shape index (κ3) is 8.49. The number of methoxy groups -OCH3 is 2. The minimum Gasteiger partial charge on any atom is -0.493 e. The number of hydrogen-bond donors (Lipinski definition) is 1. The second-order valence-corrected chi connectivity index (χ2v) is 7.97. The molecule has 1 aromatic heterocycles. The summed E-state index contributed by atoms with van der Waals surface area (Å²) in [5.41, 5.74) is 0.704. The number of rotatable bonds is 13. The van der Waals surface area contributed by atoms with E-state index in [1.165, 1.54) is 52.5 Å². The highest BCUT2D eigenvalue weighted by molar-refractivity contribution is 5.98. The van der Waals surface area contributed by atoms with E-state index in [-0.39, 0.29) is 28.9 Å². The van der Waals surface area contributed by atoms with Crippen LogP contribution < -0.4 is 14.8 Å². The SMILES string of the molecule is COC[C@@H](Cc1ccc(F)cc1)[C@H](C)OC(=O)[C@H](C)NC(=O)c1nccc(OC)c1OCOC(C)=O.